The van der Waals surface area contributed by atoms with Gasteiger partial charge in [0.1, 0.15) is 5.82 Å². The molecule has 0 aliphatic carbocycles. The van der Waals surface area contributed by atoms with Crippen molar-refractivity contribution in [2.24, 2.45) is 5.92 Å². The van der Waals surface area contributed by atoms with Crippen LogP contribution < -0.4 is 10.2 Å². The van der Waals surface area contributed by atoms with Crippen molar-refractivity contribution in [2.75, 3.05) is 18.0 Å². The van der Waals surface area contributed by atoms with E-state index in [9.17, 15) is 4.39 Å². The number of hydrogen-bond donors (Lipinski definition) is 1. The molecule has 0 amide bonds. The van der Waals surface area contributed by atoms with Crippen molar-refractivity contribution in [3.05, 3.63) is 29.0 Å². The highest BCUT2D eigenvalue weighted by Gasteiger charge is 2.33. The lowest BCUT2D eigenvalue weighted by atomic mass is 9.86. The van der Waals surface area contributed by atoms with Gasteiger partial charge < -0.3 is 10.2 Å². The molecule has 4 heteroatoms. The van der Waals surface area contributed by atoms with Crippen molar-refractivity contribution in [3.8, 4) is 0 Å². The minimum Gasteiger partial charge on any atom is -0.366 e. The molecule has 20 heavy (non-hydrogen) atoms. The van der Waals surface area contributed by atoms with Gasteiger partial charge in [-0.05, 0) is 50.4 Å². The minimum absolute atomic E-state index is 0.187. The highest BCUT2D eigenvalue weighted by Crippen LogP contribution is 2.32. The van der Waals surface area contributed by atoms with Gasteiger partial charge in [0.15, 0.2) is 0 Å². The van der Waals surface area contributed by atoms with Crippen LogP contribution in [0.5, 0.6) is 0 Å². The van der Waals surface area contributed by atoms with Gasteiger partial charge in [-0.3, -0.25) is 0 Å². The van der Waals surface area contributed by atoms with Crippen LogP contribution in [0.25, 0.3) is 0 Å². The number of piperidine rings is 1. The van der Waals surface area contributed by atoms with Gasteiger partial charge in [0, 0.05) is 23.7 Å². The lowest BCUT2D eigenvalue weighted by Crippen LogP contribution is -2.53. The summed E-state index contributed by atoms with van der Waals surface area (Å²) in [5.41, 5.74) is 0.630. The molecule has 3 unspecified atom stereocenters. The van der Waals surface area contributed by atoms with Gasteiger partial charge in [0.2, 0.25) is 0 Å². The van der Waals surface area contributed by atoms with Gasteiger partial charge in [-0.1, -0.05) is 25.4 Å². The molecule has 1 aromatic carbocycles. The van der Waals surface area contributed by atoms with E-state index in [4.69, 9.17) is 11.6 Å². The lowest BCUT2D eigenvalue weighted by Gasteiger charge is -2.44. The third kappa shape index (κ3) is 3.26. The summed E-state index contributed by atoms with van der Waals surface area (Å²) in [4.78, 5) is 2.15. The molecule has 1 aliphatic rings. The first-order valence-corrected chi connectivity index (χ1v) is 7.87. The fourth-order valence-electron chi connectivity index (χ4n) is 3.03. The molecule has 0 saturated carbocycles. The highest BCUT2D eigenvalue weighted by molar-refractivity contribution is 6.30. The van der Waals surface area contributed by atoms with Gasteiger partial charge >= 0.3 is 0 Å². The summed E-state index contributed by atoms with van der Waals surface area (Å²) in [6.45, 7) is 8.51. The molecule has 2 rings (SSSR count). The van der Waals surface area contributed by atoms with Crippen molar-refractivity contribution in [1.82, 2.24) is 5.32 Å². The fourth-order valence-corrected chi connectivity index (χ4v) is 3.19. The Balaban J connectivity index is 2.13. The number of nitrogens with zero attached hydrogens (tertiary/aromatic N) is 1. The monoisotopic (exact) mass is 298 g/mol. The molecule has 112 valence electrons. The Morgan fingerprint density at radius 2 is 2.15 bits per heavy atom. The third-order valence-corrected chi connectivity index (χ3v) is 4.68. The van der Waals surface area contributed by atoms with Crippen molar-refractivity contribution >= 4 is 17.3 Å². The molecule has 1 heterocycles. The third-order valence-electron chi connectivity index (χ3n) is 4.44. The van der Waals surface area contributed by atoms with Gasteiger partial charge in [-0.2, -0.15) is 0 Å². The average Bonchev–Trinajstić information content (AvgIpc) is 2.43. The van der Waals surface area contributed by atoms with Crippen molar-refractivity contribution in [1.29, 1.82) is 0 Å². The molecule has 0 radical (unpaired) electrons. The first-order chi connectivity index (χ1) is 9.54. The number of halogens is 2. The Labute approximate surface area is 126 Å². The van der Waals surface area contributed by atoms with Crippen molar-refractivity contribution in [3.63, 3.8) is 0 Å². The number of benzene rings is 1. The van der Waals surface area contributed by atoms with Crippen LogP contribution in [0.2, 0.25) is 5.02 Å². The van der Waals surface area contributed by atoms with Crippen LogP contribution in [0.15, 0.2) is 18.2 Å². The standard InChI is InChI=1S/C16H24ClFN2/c1-4-8-19-15-7-9-20(12(3)11(15)2)16-10-13(17)5-6-14(16)18/h5-6,10-12,15,19H,4,7-9H2,1-3H3. The van der Waals surface area contributed by atoms with Crippen molar-refractivity contribution < 1.29 is 4.39 Å². The Kier molecular flexibility index (Phi) is 5.28. The molecule has 2 nitrogen and oxygen atoms in total. The van der Waals surface area contributed by atoms with E-state index in [-0.39, 0.29) is 5.82 Å². The van der Waals surface area contributed by atoms with Crippen molar-refractivity contribution in [2.45, 2.75) is 45.7 Å². The maximum absolute atomic E-state index is 14.0. The maximum Gasteiger partial charge on any atom is 0.146 e. The lowest BCUT2D eigenvalue weighted by molar-refractivity contribution is 0.270. The summed E-state index contributed by atoms with van der Waals surface area (Å²) in [5.74, 6) is 0.294. The second-order valence-electron chi connectivity index (χ2n) is 5.74. The molecule has 1 aromatic rings. The predicted octanol–water partition coefficient (Wildman–Crippen LogP) is 4.08. The molecule has 1 fully saturated rings. The van der Waals surface area contributed by atoms with Gasteiger partial charge in [0.25, 0.3) is 0 Å². The minimum atomic E-state index is -0.187. The van der Waals surface area contributed by atoms with E-state index in [1.54, 1.807) is 12.1 Å². The molecule has 3 atom stereocenters. The summed E-state index contributed by atoms with van der Waals surface area (Å²) in [5, 5.41) is 4.19. The van der Waals surface area contributed by atoms with Crippen LogP contribution in [-0.2, 0) is 0 Å². The molecular weight excluding hydrogens is 275 g/mol. The summed E-state index contributed by atoms with van der Waals surface area (Å²) in [6, 6.07) is 5.61. The van der Waals surface area contributed by atoms with Crippen LogP contribution in [-0.4, -0.2) is 25.2 Å². The molecule has 1 N–H and O–H groups in total. The normalized spacial score (nSPS) is 26.9. The Morgan fingerprint density at radius 1 is 1.40 bits per heavy atom. The van der Waals surface area contributed by atoms with Crippen LogP contribution in [0.3, 0.4) is 0 Å². The number of anilines is 1. The van der Waals surface area contributed by atoms with Crippen LogP contribution >= 0.6 is 11.6 Å². The fraction of sp³-hybridized carbons (Fsp3) is 0.625. The summed E-state index contributed by atoms with van der Waals surface area (Å²) >= 11 is 6.01. The number of rotatable bonds is 4. The number of nitrogens with one attached hydrogen (secondary N) is 1. The van der Waals surface area contributed by atoms with E-state index in [1.165, 1.54) is 6.07 Å². The molecule has 1 saturated heterocycles. The van der Waals surface area contributed by atoms with Crippen LogP contribution in [0.1, 0.15) is 33.6 Å². The van der Waals surface area contributed by atoms with Gasteiger partial charge in [0.05, 0.1) is 5.69 Å². The Morgan fingerprint density at radius 3 is 2.85 bits per heavy atom. The Bertz CT molecular complexity index is 452. The molecule has 0 spiro atoms. The SMILES string of the molecule is CCCNC1CCN(c2cc(Cl)ccc2F)C(C)C1C. The number of hydrogen-bond acceptors (Lipinski definition) is 2. The molecule has 0 bridgehead atoms. The zero-order valence-electron chi connectivity index (χ0n) is 12.5. The smallest absolute Gasteiger partial charge is 0.146 e. The van der Waals surface area contributed by atoms with E-state index in [0.29, 0.717) is 28.7 Å². The first kappa shape index (κ1) is 15.6. The van der Waals surface area contributed by atoms with E-state index < -0.39 is 0 Å². The van der Waals surface area contributed by atoms with E-state index in [2.05, 4.69) is 31.0 Å². The summed E-state index contributed by atoms with van der Waals surface area (Å²) < 4.78 is 14.0. The average molecular weight is 299 g/mol. The van der Waals surface area contributed by atoms with Gasteiger partial charge in [-0.25, -0.2) is 4.39 Å². The highest BCUT2D eigenvalue weighted by atomic mass is 35.5. The van der Waals surface area contributed by atoms with Gasteiger partial charge in [-0.15, -0.1) is 0 Å². The van der Waals surface area contributed by atoms with Crippen LogP contribution in [0.4, 0.5) is 10.1 Å². The summed E-state index contributed by atoms with van der Waals surface area (Å²) in [7, 11) is 0. The quantitative estimate of drug-likeness (QED) is 0.901. The second kappa shape index (κ2) is 6.77. The molecule has 1 aliphatic heterocycles. The second-order valence-corrected chi connectivity index (χ2v) is 6.17. The zero-order valence-corrected chi connectivity index (χ0v) is 13.3. The van der Waals surface area contributed by atoms with E-state index >= 15 is 0 Å². The molecular formula is C16H24ClFN2. The maximum atomic E-state index is 14.0. The molecule has 0 aromatic heterocycles. The Hall–Kier alpha value is -0.800. The topological polar surface area (TPSA) is 15.3 Å². The van der Waals surface area contributed by atoms with Crippen LogP contribution in [0, 0.1) is 11.7 Å². The largest absolute Gasteiger partial charge is 0.366 e. The van der Waals surface area contributed by atoms with E-state index in [1.807, 2.05) is 0 Å². The predicted molar refractivity (Wildman–Crippen MR) is 84.1 cm³/mol. The summed E-state index contributed by atoms with van der Waals surface area (Å²) in [6.07, 6.45) is 2.18. The zero-order chi connectivity index (χ0) is 14.7. The first-order valence-electron chi connectivity index (χ1n) is 7.49. The van der Waals surface area contributed by atoms with E-state index in [0.717, 1.165) is 25.9 Å².